The van der Waals surface area contributed by atoms with Gasteiger partial charge in [0.05, 0.1) is 17.2 Å². The van der Waals surface area contributed by atoms with Crippen LogP contribution in [0.4, 0.5) is 0 Å². The van der Waals surface area contributed by atoms with Gasteiger partial charge in [-0.2, -0.15) is 5.10 Å². The van der Waals surface area contributed by atoms with Gasteiger partial charge in [-0.15, -0.1) is 0 Å². The molecule has 1 aliphatic rings. The predicted molar refractivity (Wildman–Crippen MR) is 73.9 cm³/mol. The summed E-state index contributed by atoms with van der Waals surface area (Å²) in [6.07, 6.45) is 1.31. The van der Waals surface area contributed by atoms with E-state index < -0.39 is 11.9 Å². The van der Waals surface area contributed by atoms with Crippen molar-refractivity contribution >= 4 is 23.5 Å². The summed E-state index contributed by atoms with van der Waals surface area (Å²) in [5.74, 6) is -1.57. The standard InChI is InChI=1S/C13H18ClN3O3/c1-3-17-11(14)10(8(2)15-17)12(18)16-6-4-5-9(7-16)13(19)20/h9H,3-7H2,1-2H3,(H,19,20)/t9-/m1/s1. The van der Waals surface area contributed by atoms with Crippen molar-refractivity contribution in [1.29, 1.82) is 0 Å². The number of carboxylic acid groups (broad SMARTS) is 1. The fourth-order valence-electron chi connectivity index (χ4n) is 2.53. The van der Waals surface area contributed by atoms with Gasteiger partial charge in [0.2, 0.25) is 0 Å². The maximum atomic E-state index is 12.5. The Kier molecular flexibility index (Phi) is 4.32. The van der Waals surface area contributed by atoms with Crippen LogP contribution >= 0.6 is 11.6 Å². The van der Waals surface area contributed by atoms with E-state index in [9.17, 15) is 9.59 Å². The molecule has 2 heterocycles. The third-order valence-corrected chi connectivity index (χ3v) is 4.02. The fourth-order valence-corrected chi connectivity index (χ4v) is 2.90. The number of amides is 1. The molecule has 0 spiro atoms. The third kappa shape index (κ3) is 2.65. The Morgan fingerprint density at radius 2 is 2.20 bits per heavy atom. The van der Waals surface area contributed by atoms with Crippen molar-refractivity contribution in [3.05, 3.63) is 16.4 Å². The zero-order valence-electron chi connectivity index (χ0n) is 11.6. The minimum Gasteiger partial charge on any atom is -0.481 e. The van der Waals surface area contributed by atoms with E-state index in [1.807, 2.05) is 6.92 Å². The number of carbonyl (C=O) groups excluding carboxylic acids is 1. The summed E-state index contributed by atoms with van der Waals surface area (Å²) in [5, 5.41) is 13.6. The summed E-state index contributed by atoms with van der Waals surface area (Å²) in [6.45, 7) is 5.03. The lowest BCUT2D eigenvalue weighted by atomic mass is 9.98. The Bertz CT molecular complexity index is 541. The van der Waals surface area contributed by atoms with E-state index in [2.05, 4.69) is 5.10 Å². The summed E-state index contributed by atoms with van der Waals surface area (Å²) >= 11 is 6.18. The number of halogens is 1. The first-order chi connectivity index (χ1) is 9.45. The van der Waals surface area contributed by atoms with Crippen LogP contribution in [0.15, 0.2) is 0 Å². The number of likely N-dealkylation sites (tertiary alicyclic amines) is 1. The highest BCUT2D eigenvalue weighted by molar-refractivity contribution is 6.33. The monoisotopic (exact) mass is 299 g/mol. The van der Waals surface area contributed by atoms with Crippen LogP contribution in [0.2, 0.25) is 5.15 Å². The Balaban J connectivity index is 2.23. The van der Waals surface area contributed by atoms with Crippen LogP contribution in [-0.2, 0) is 11.3 Å². The number of aliphatic carboxylic acids is 1. The molecule has 1 amide bonds. The molecule has 7 heteroatoms. The first-order valence-corrected chi connectivity index (χ1v) is 7.08. The Hall–Kier alpha value is -1.56. The number of aromatic nitrogens is 2. The minimum absolute atomic E-state index is 0.224. The molecular formula is C13H18ClN3O3. The van der Waals surface area contributed by atoms with Gasteiger partial charge in [0.15, 0.2) is 0 Å². The van der Waals surface area contributed by atoms with Gasteiger partial charge in [0, 0.05) is 19.6 Å². The second-order valence-electron chi connectivity index (χ2n) is 5.00. The van der Waals surface area contributed by atoms with Crippen LogP contribution in [0.25, 0.3) is 0 Å². The summed E-state index contributed by atoms with van der Waals surface area (Å²) in [6, 6.07) is 0. The van der Waals surface area contributed by atoms with Gasteiger partial charge in [-0.25, -0.2) is 0 Å². The molecule has 0 aromatic carbocycles. The Labute approximate surface area is 122 Å². The number of carbonyl (C=O) groups is 2. The van der Waals surface area contributed by atoms with E-state index in [0.717, 1.165) is 0 Å². The molecule has 0 unspecified atom stereocenters. The van der Waals surface area contributed by atoms with E-state index >= 15 is 0 Å². The number of aryl methyl sites for hydroxylation is 2. The highest BCUT2D eigenvalue weighted by atomic mass is 35.5. The number of nitrogens with zero attached hydrogens (tertiary/aromatic N) is 3. The van der Waals surface area contributed by atoms with Gasteiger partial charge in [0.25, 0.3) is 5.91 Å². The second kappa shape index (κ2) is 5.83. The van der Waals surface area contributed by atoms with E-state index in [4.69, 9.17) is 16.7 Å². The number of hydrogen-bond acceptors (Lipinski definition) is 3. The van der Waals surface area contributed by atoms with Crippen LogP contribution < -0.4 is 0 Å². The Morgan fingerprint density at radius 1 is 1.50 bits per heavy atom. The predicted octanol–water partition coefficient (Wildman–Crippen LogP) is 1.80. The van der Waals surface area contributed by atoms with Gasteiger partial charge in [-0.1, -0.05) is 11.6 Å². The van der Waals surface area contributed by atoms with Gasteiger partial charge in [-0.3, -0.25) is 14.3 Å². The molecule has 0 saturated carbocycles. The molecule has 1 fully saturated rings. The molecule has 1 saturated heterocycles. The molecule has 110 valence electrons. The topological polar surface area (TPSA) is 75.4 Å². The quantitative estimate of drug-likeness (QED) is 0.923. The first-order valence-electron chi connectivity index (χ1n) is 6.70. The van der Waals surface area contributed by atoms with Gasteiger partial charge in [0.1, 0.15) is 5.15 Å². The summed E-state index contributed by atoms with van der Waals surface area (Å²) in [5.41, 5.74) is 0.971. The molecule has 0 aliphatic carbocycles. The second-order valence-corrected chi connectivity index (χ2v) is 5.35. The first kappa shape index (κ1) is 14.8. The maximum Gasteiger partial charge on any atom is 0.308 e. The van der Waals surface area contributed by atoms with Crippen molar-refractivity contribution in [2.75, 3.05) is 13.1 Å². The van der Waals surface area contributed by atoms with E-state index in [0.29, 0.717) is 42.3 Å². The van der Waals surface area contributed by atoms with Crippen molar-refractivity contribution < 1.29 is 14.7 Å². The molecule has 1 aromatic rings. The van der Waals surface area contributed by atoms with Gasteiger partial charge < -0.3 is 10.0 Å². The summed E-state index contributed by atoms with van der Waals surface area (Å²) in [7, 11) is 0. The largest absolute Gasteiger partial charge is 0.481 e. The minimum atomic E-state index is -0.852. The lowest BCUT2D eigenvalue weighted by Gasteiger charge is -2.30. The van der Waals surface area contributed by atoms with Crippen LogP contribution in [0.1, 0.15) is 35.8 Å². The van der Waals surface area contributed by atoms with Gasteiger partial charge >= 0.3 is 5.97 Å². The Morgan fingerprint density at radius 3 is 2.75 bits per heavy atom. The number of rotatable bonds is 3. The van der Waals surface area contributed by atoms with E-state index in [1.54, 1.807) is 16.5 Å². The smallest absolute Gasteiger partial charge is 0.308 e. The van der Waals surface area contributed by atoms with Crippen LogP contribution in [0.3, 0.4) is 0 Å². The molecule has 1 N–H and O–H groups in total. The highest BCUT2D eigenvalue weighted by Gasteiger charge is 2.31. The molecular weight excluding hydrogens is 282 g/mol. The third-order valence-electron chi connectivity index (χ3n) is 3.64. The van der Waals surface area contributed by atoms with Crippen molar-refractivity contribution in [2.24, 2.45) is 5.92 Å². The highest BCUT2D eigenvalue weighted by Crippen LogP contribution is 2.24. The van der Waals surface area contributed by atoms with E-state index in [-0.39, 0.29) is 12.5 Å². The fraction of sp³-hybridized carbons (Fsp3) is 0.615. The lowest BCUT2D eigenvalue weighted by molar-refractivity contribution is -0.143. The van der Waals surface area contributed by atoms with Crippen molar-refractivity contribution in [2.45, 2.75) is 33.2 Å². The zero-order valence-corrected chi connectivity index (χ0v) is 12.4. The number of piperidine rings is 1. The van der Waals surface area contributed by atoms with Crippen molar-refractivity contribution in [3.63, 3.8) is 0 Å². The molecule has 1 atom stereocenters. The number of hydrogen-bond donors (Lipinski definition) is 1. The molecule has 0 bridgehead atoms. The zero-order chi connectivity index (χ0) is 14.9. The van der Waals surface area contributed by atoms with Crippen molar-refractivity contribution in [1.82, 2.24) is 14.7 Å². The maximum absolute atomic E-state index is 12.5. The summed E-state index contributed by atoms with van der Waals surface area (Å²) in [4.78, 5) is 25.2. The van der Waals surface area contributed by atoms with Crippen LogP contribution in [0, 0.1) is 12.8 Å². The SMILES string of the molecule is CCn1nc(C)c(C(=O)N2CCC[C@@H](C(=O)O)C2)c1Cl. The number of carboxylic acids is 1. The average molecular weight is 300 g/mol. The molecule has 2 rings (SSSR count). The molecule has 6 nitrogen and oxygen atoms in total. The lowest BCUT2D eigenvalue weighted by Crippen LogP contribution is -2.42. The van der Waals surface area contributed by atoms with Crippen molar-refractivity contribution in [3.8, 4) is 0 Å². The molecule has 1 aromatic heterocycles. The average Bonchev–Trinajstić information content (AvgIpc) is 2.72. The van der Waals surface area contributed by atoms with Crippen LogP contribution in [-0.4, -0.2) is 44.8 Å². The van der Waals surface area contributed by atoms with Gasteiger partial charge in [-0.05, 0) is 26.7 Å². The molecule has 20 heavy (non-hydrogen) atoms. The van der Waals surface area contributed by atoms with E-state index in [1.165, 1.54) is 0 Å². The molecule has 0 radical (unpaired) electrons. The summed E-state index contributed by atoms with van der Waals surface area (Å²) < 4.78 is 1.57. The normalized spacial score (nSPS) is 19.1. The molecule has 1 aliphatic heterocycles. The van der Waals surface area contributed by atoms with Crippen LogP contribution in [0.5, 0.6) is 0 Å².